The van der Waals surface area contributed by atoms with Crippen molar-refractivity contribution in [2.24, 2.45) is 5.92 Å². The van der Waals surface area contributed by atoms with E-state index in [9.17, 15) is 19.2 Å². The van der Waals surface area contributed by atoms with Crippen molar-refractivity contribution in [1.82, 2.24) is 15.1 Å². The smallest absolute Gasteiger partial charge is 0.258 e. The summed E-state index contributed by atoms with van der Waals surface area (Å²) in [5.41, 5.74) is 8.71. The summed E-state index contributed by atoms with van der Waals surface area (Å²) in [6.45, 7) is 4.20. The minimum Gasteiger partial charge on any atom is -0.496 e. The zero-order valence-electron chi connectivity index (χ0n) is 36.2. The highest BCUT2D eigenvalue weighted by atomic mass is 16.5. The van der Waals surface area contributed by atoms with E-state index in [0.29, 0.717) is 36.8 Å². The van der Waals surface area contributed by atoms with Gasteiger partial charge in [-0.25, -0.2) is 0 Å². The Balaban J connectivity index is 0.724. The number of methoxy groups -OCH3 is 1. The maximum atomic E-state index is 13.5. The van der Waals surface area contributed by atoms with Crippen LogP contribution < -0.4 is 24.4 Å². The van der Waals surface area contributed by atoms with Crippen molar-refractivity contribution in [2.75, 3.05) is 44.7 Å². The third-order valence-corrected chi connectivity index (χ3v) is 14.1. The summed E-state index contributed by atoms with van der Waals surface area (Å²) in [6.07, 6.45) is 4.04. The molecule has 1 unspecified atom stereocenters. The number of imide groups is 1. The van der Waals surface area contributed by atoms with Crippen LogP contribution in [-0.2, 0) is 34.0 Å². The number of anilines is 1. The van der Waals surface area contributed by atoms with E-state index in [4.69, 9.17) is 14.2 Å². The highest BCUT2D eigenvalue weighted by Crippen LogP contribution is 2.47. The Kier molecular flexibility index (Phi) is 11.7. The van der Waals surface area contributed by atoms with Gasteiger partial charge < -0.3 is 24.0 Å². The molecule has 0 radical (unpaired) electrons. The molecule has 3 amide bonds. The van der Waals surface area contributed by atoms with E-state index < -0.39 is 11.9 Å². The van der Waals surface area contributed by atoms with E-state index in [1.165, 1.54) is 22.3 Å². The summed E-state index contributed by atoms with van der Waals surface area (Å²) < 4.78 is 18.4. The maximum absolute atomic E-state index is 13.5. The number of nitrogens with one attached hydrogen (secondary N) is 1. The molecule has 328 valence electrons. The summed E-state index contributed by atoms with van der Waals surface area (Å²) in [7, 11) is 1.55. The van der Waals surface area contributed by atoms with Crippen molar-refractivity contribution in [3.8, 4) is 17.2 Å². The number of hydrogen-bond acceptors (Lipinski definition) is 9. The lowest BCUT2D eigenvalue weighted by Crippen LogP contribution is -2.52. The highest BCUT2D eigenvalue weighted by molar-refractivity contribution is 6.06. The molecule has 5 aromatic carbocycles. The highest BCUT2D eigenvalue weighted by Gasteiger charge is 2.42. The lowest BCUT2D eigenvalue weighted by Gasteiger charge is -2.39. The number of nitrogens with zero attached hydrogens (tertiary/aromatic N) is 3. The van der Waals surface area contributed by atoms with Gasteiger partial charge in [0.25, 0.3) is 5.91 Å². The number of amides is 3. The molecule has 3 fully saturated rings. The number of Topliss-reactive ketones (excluding diaryl/α,β-unsaturated/α-hetero) is 1. The van der Waals surface area contributed by atoms with Crippen molar-refractivity contribution >= 4 is 29.2 Å². The molecule has 0 spiro atoms. The quantitative estimate of drug-likeness (QED) is 0.121. The molecule has 11 nitrogen and oxygen atoms in total. The molecule has 64 heavy (non-hydrogen) atoms. The van der Waals surface area contributed by atoms with Gasteiger partial charge in [0, 0.05) is 62.7 Å². The molecule has 3 atom stereocenters. The van der Waals surface area contributed by atoms with Gasteiger partial charge >= 0.3 is 0 Å². The van der Waals surface area contributed by atoms with Crippen molar-refractivity contribution in [2.45, 2.75) is 75.7 Å². The Bertz CT molecular complexity index is 2530. The summed E-state index contributed by atoms with van der Waals surface area (Å²) in [6, 6.07) is 39.6. The molecule has 10 rings (SSSR count). The van der Waals surface area contributed by atoms with Crippen LogP contribution in [0.5, 0.6) is 17.2 Å². The number of benzene rings is 5. The third kappa shape index (κ3) is 8.48. The minimum absolute atomic E-state index is 0.0000543. The van der Waals surface area contributed by atoms with Gasteiger partial charge in [0.05, 0.1) is 19.2 Å². The molecule has 11 heteroatoms. The van der Waals surface area contributed by atoms with Gasteiger partial charge in [-0.15, -0.1) is 0 Å². The van der Waals surface area contributed by atoms with Crippen LogP contribution in [0.4, 0.5) is 5.69 Å². The zero-order valence-corrected chi connectivity index (χ0v) is 36.2. The van der Waals surface area contributed by atoms with Crippen molar-refractivity contribution in [1.29, 1.82) is 0 Å². The Morgan fingerprint density at radius 1 is 0.750 bits per heavy atom. The molecular weight excluding hydrogens is 805 g/mol. The second-order valence-corrected chi connectivity index (χ2v) is 18.0. The van der Waals surface area contributed by atoms with E-state index in [1.54, 1.807) is 12.0 Å². The monoisotopic (exact) mass is 858 g/mol. The molecule has 1 saturated carbocycles. The largest absolute Gasteiger partial charge is 0.496 e. The Morgan fingerprint density at radius 3 is 2.22 bits per heavy atom. The molecular formula is C53H54N4O7. The van der Waals surface area contributed by atoms with E-state index in [2.05, 4.69) is 100 Å². The fourth-order valence-corrected chi connectivity index (χ4v) is 10.5. The standard InChI is InChI=1S/C53H54N4O7/c1-62-48-30-40(26-39-31-57(53(61)51(39)48)46-20-21-49(59)54-52(46)60)56-24-22-55(23-25-56)32-47(58)38-28-43(29-38)64-41-15-12-36(13-16-41)50-44(35-10-6-3-7-11-35)18-14-37-27-42(17-19-45(37)50)63-33-34-8-4-2-5-9-34/h2-13,15-17,19,26-27,30,38,43-44,46,50H,14,18,20-25,28-29,31-33H2,1H3,(H,54,59,60)/t38?,43?,44-,46?,50+/m1/s1. The normalized spacial score (nSPS) is 23.1. The van der Waals surface area contributed by atoms with Gasteiger partial charge in [0.1, 0.15) is 41.8 Å². The molecule has 5 aliphatic rings. The van der Waals surface area contributed by atoms with Gasteiger partial charge in [-0.3, -0.25) is 29.4 Å². The number of carbonyl (C=O) groups is 4. The Hall–Kier alpha value is -6.46. The number of rotatable bonds is 13. The molecule has 1 N–H and O–H groups in total. The van der Waals surface area contributed by atoms with Crippen LogP contribution >= 0.6 is 0 Å². The average Bonchev–Trinajstić information content (AvgIpc) is 3.64. The van der Waals surface area contributed by atoms with Crippen molar-refractivity contribution < 1.29 is 33.4 Å². The van der Waals surface area contributed by atoms with Crippen LogP contribution in [0.25, 0.3) is 0 Å². The number of fused-ring (bicyclic) bond motifs is 2. The number of hydrogen-bond donors (Lipinski definition) is 1. The SMILES string of the molecule is COc1cc(N2CCN(CC(=O)C3CC(Oc4ccc([C@@H]5c6ccc(OCc7ccccc7)cc6CC[C@@H]5c5ccccc5)cc4)C3)CC2)cc2c1C(=O)N(C1CCC(=O)NC1=O)C2. The fraction of sp³-hybridized carbons (Fsp3) is 0.358. The van der Waals surface area contributed by atoms with E-state index in [1.807, 2.05) is 30.3 Å². The predicted molar refractivity (Wildman–Crippen MR) is 243 cm³/mol. The number of ketones is 1. The van der Waals surface area contributed by atoms with Crippen LogP contribution in [0, 0.1) is 5.92 Å². The molecule has 2 aliphatic carbocycles. The minimum atomic E-state index is -0.683. The van der Waals surface area contributed by atoms with E-state index >= 15 is 0 Å². The first-order valence-electron chi connectivity index (χ1n) is 22.7. The van der Waals surface area contributed by atoms with E-state index in [-0.39, 0.29) is 48.5 Å². The maximum Gasteiger partial charge on any atom is 0.258 e. The first kappa shape index (κ1) is 41.5. The van der Waals surface area contributed by atoms with Crippen LogP contribution in [0.1, 0.15) is 87.7 Å². The van der Waals surface area contributed by atoms with Gasteiger partial charge in [0.15, 0.2) is 0 Å². The number of piperazine rings is 1. The van der Waals surface area contributed by atoms with Crippen LogP contribution in [0.3, 0.4) is 0 Å². The van der Waals surface area contributed by atoms with Gasteiger partial charge in [-0.2, -0.15) is 0 Å². The van der Waals surface area contributed by atoms with Crippen LogP contribution in [0.15, 0.2) is 115 Å². The lowest BCUT2D eigenvalue weighted by atomic mass is 9.69. The number of carbonyl (C=O) groups excluding carboxylic acids is 4. The zero-order chi connectivity index (χ0) is 43.7. The molecule has 0 aromatic heterocycles. The van der Waals surface area contributed by atoms with Crippen LogP contribution in [0.2, 0.25) is 0 Å². The number of piperidine rings is 1. The van der Waals surface area contributed by atoms with Crippen LogP contribution in [-0.4, -0.2) is 85.3 Å². The molecule has 3 heterocycles. The topological polar surface area (TPSA) is 118 Å². The summed E-state index contributed by atoms with van der Waals surface area (Å²) in [5.74, 6) is 2.05. The summed E-state index contributed by atoms with van der Waals surface area (Å²) in [5, 5.41) is 2.37. The average molecular weight is 859 g/mol. The van der Waals surface area contributed by atoms with Crippen molar-refractivity contribution in [3.05, 3.63) is 154 Å². The van der Waals surface area contributed by atoms with Gasteiger partial charge in [0.2, 0.25) is 11.8 Å². The Morgan fingerprint density at radius 2 is 1.48 bits per heavy atom. The second kappa shape index (κ2) is 18.0. The fourth-order valence-electron chi connectivity index (χ4n) is 10.5. The summed E-state index contributed by atoms with van der Waals surface area (Å²) >= 11 is 0. The molecule has 3 aliphatic heterocycles. The Labute approximate surface area is 374 Å². The number of ether oxygens (including phenoxy) is 3. The molecule has 0 bridgehead atoms. The molecule has 2 saturated heterocycles. The lowest BCUT2D eigenvalue weighted by molar-refractivity contribution is -0.137. The first-order chi connectivity index (χ1) is 31.3. The van der Waals surface area contributed by atoms with Gasteiger partial charge in [-0.05, 0) is 102 Å². The molecule has 5 aromatic rings. The van der Waals surface area contributed by atoms with Gasteiger partial charge in [-0.1, -0.05) is 78.9 Å². The third-order valence-electron chi connectivity index (χ3n) is 14.1. The predicted octanol–water partition coefficient (Wildman–Crippen LogP) is 7.45. The van der Waals surface area contributed by atoms with E-state index in [0.717, 1.165) is 80.2 Å². The second-order valence-electron chi connectivity index (χ2n) is 18.0. The first-order valence-corrected chi connectivity index (χ1v) is 22.7. The van der Waals surface area contributed by atoms with Crippen molar-refractivity contribution in [3.63, 3.8) is 0 Å². The number of aryl methyl sites for hydroxylation is 1. The summed E-state index contributed by atoms with van der Waals surface area (Å²) in [4.78, 5) is 57.3.